The number of methoxy groups -OCH3 is 1. The van der Waals surface area contributed by atoms with Gasteiger partial charge in [-0.2, -0.15) is 0 Å². The molecule has 4 nitrogen and oxygen atoms in total. The molecule has 2 aromatic carbocycles. The lowest BCUT2D eigenvalue weighted by Crippen LogP contribution is -2.29. The van der Waals surface area contributed by atoms with Gasteiger partial charge >= 0.3 is 0 Å². The van der Waals surface area contributed by atoms with Crippen LogP contribution < -0.4 is 4.72 Å². The fourth-order valence-corrected chi connectivity index (χ4v) is 3.43. The molecule has 0 radical (unpaired) electrons. The normalized spacial score (nSPS) is 13.0. The lowest BCUT2D eigenvalue weighted by atomic mass is 10.1. The average molecular weight is 333 g/mol. The number of ether oxygens (including phenoxy) is 1. The Hall–Kier alpha value is -1.69. The van der Waals surface area contributed by atoms with Crippen LogP contribution in [-0.2, 0) is 21.2 Å². The summed E-state index contributed by atoms with van der Waals surface area (Å²) in [5.74, 6) is 0. The molecule has 0 saturated carbocycles. The molecule has 0 aliphatic carbocycles. The first-order chi connectivity index (χ1) is 11.1. The number of benzene rings is 2. The Kier molecular flexibility index (Phi) is 6.33. The Morgan fingerprint density at radius 3 is 2.26 bits per heavy atom. The Morgan fingerprint density at radius 2 is 1.70 bits per heavy atom. The van der Waals surface area contributed by atoms with Gasteiger partial charge in [0.1, 0.15) is 0 Å². The molecule has 0 aliphatic heterocycles. The van der Waals surface area contributed by atoms with Crippen LogP contribution in [0.4, 0.5) is 0 Å². The number of nitrogens with one attached hydrogen (secondary N) is 1. The highest BCUT2D eigenvalue weighted by Gasteiger charge is 2.17. The lowest BCUT2D eigenvalue weighted by molar-refractivity contribution is 0.107. The van der Waals surface area contributed by atoms with E-state index in [9.17, 15) is 8.42 Å². The van der Waals surface area contributed by atoms with Gasteiger partial charge in [-0.15, -0.1) is 0 Å². The van der Waals surface area contributed by atoms with Crippen LogP contribution in [-0.4, -0.2) is 22.1 Å². The van der Waals surface area contributed by atoms with E-state index in [2.05, 4.69) is 11.6 Å². The Morgan fingerprint density at radius 1 is 1.04 bits per heavy atom. The molecule has 0 spiro atoms. The van der Waals surface area contributed by atoms with Crippen LogP contribution in [0.15, 0.2) is 59.5 Å². The molecule has 0 aliphatic rings. The minimum absolute atomic E-state index is 0.194. The van der Waals surface area contributed by atoms with Crippen molar-refractivity contribution in [1.82, 2.24) is 4.72 Å². The number of hydrogen-bond acceptors (Lipinski definition) is 3. The van der Waals surface area contributed by atoms with E-state index < -0.39 is 10.0 Å². The number of aryl methyl sites for hydroxylation is 1. The first kappa shape index (κ1) is 17.7. The van der Waals surface area contributed by atoms with Crippen LogP contribution >= 0.6 is 0 Å². The number of sulfonamides is 1. The van der Waals surface area contributed by atoms with E-state index in [1.807, 2.05) is 42.5 Å². The van der Waals surface area contributed by atoms with Gasteiger partial charge in [0.25, 0.3) is 0 Å². The van der Waals surface area contributed by atoms with Crippen molar-refractivity contribution in [3.8, 4) is 0 Å². The van der Waals surface area contributed by atoms with E-state index in [1.54, 1.807) is 19.2 Å². The second kappa shape index (κ2) is 8.24. The van der Waals surface area contributed by atoms with Crippen LogP contribution in [0, 0.1) is 0 Å². The predicted octanol–water partition coefficient (Wildman–Crippen LogP) is 3.31. The highest BCUT2D eigenvalue weighted by Crippen LogP contribution is 2.17. The topological polar surface area (TPSA) is 55.4 Å². The van der Waals surface area contributed by atoms with Crippen molar-refractivity contribution in [2.75, 3.05) is 13.7 Å². The molecule has 0 bridgehead atoms. The van der Waals surface area contributed by atoms with Gasteiger partial charge in [-0.25, -0.2) is 13.1 Å². The summed E-state index contributed by atoms with van der Waals surface area (Å²) in [6.07, 6.45) is 1.68. The van der Waals surface area contributed by atoms with Gasteiger partial charge in [-0.1, -0.05) is 55.8 Å². The van der Waals surface area contributed by atoms with E-state index in [-0.39, 0.29) is 17.5 Å². The minimum atomic E-state index is -3.54. The van der Waals surface area contributed by atoms with Gasteiger partial charge in [0.2, 0.25) is 10.0 Å². The zero-order valence-corrected chi connectivity index (χ0v) is 14.3. The molecule has 0 aromatic heterocycles. The summed E-state index contributed by atoms with van der Waals surface area (Å²) >= 11 is 0. The maximum absolute atomic E-state index is 12.4. The molecule has 2 rings (SSSR count). The molecule has 1 unspecified atom stereocenters. The van der Waals surface area contributed by atoms with Gasteiger partial charge in [0.05, 0.1) is 11.0 Å². The molecule has 1 N–H and O–H groups in total. The third-order valence-corrected chi connectivity index (χ3v) is 5.13. The van der Waals surface area contributed by atoms with Gasteiger partial charge < -0.3 is 4.74 Å². The second-order valence-corrected chi connectivity index (χ2v) is 7.15. The molecule has 1 atom stereocenters. The summed E-state index contributed by atoms with van der Waals surface area (Å²) in [6.45, 7) is 2.29. The summed E-state index contributed by atoms with van der Waals surface area (Å²) in [5, 5.41) is 0. The first-order valence-corrected chi connectivity index (χ1v) is 9.21. The van der Waals surface area contributed by atoms with Gasteiger partial charge in [-0.05, 0) is 29.7 Å². The molecule has 0 fully saturated rings. The van der Waals surface area contributed by atoms with Crippen molar-refractivity contribution >= 4 is 10.0 Å². The molecule has 0 amide bonds. The maximum Gasteiger partial charge on any atom is 0.240 e. The van der Waals surface area contributed by atoms with Crippen molar-refractivity contribution in [2.45, 2.75) is 30.8 Å². The SMILES string of the molecule is CCCc1ccc(S(=O)(=O)NCC(OC)c2ccccc2)cc1. The van der Waals surface area contributed by atoms with Crippen LogP contribution in [0.2, 0.25) is 0 Å². The van der Waals surface area contributed by atoms with Gasteiger partial charge in [-0.3, -0.25) is 0 Å². The van der Waals surface area contributed by atoms with Gasteiger partial charge in [0, 0.05) is 13.7 Å². The second-order valence-electron chi connectivity index (χ2n) is 5.38. The summed E-state index contributed by atoms with van der Waals surface area (Å²) in [7, 11) is -1.96. The molecular weight excluding hydrogens is 310 g/mol. The summed E-state index contributed by atoms with van der Waals surface area (Å²) in [6, 6.07) is 16.6. The van der Waals surface area contributed by atoms with Crippen molar-refractivity contribution in [3.05, 3.63) is 65.7 Å². The first-order valence-electron chi connectivity index (χ1n) is 7.73. The average Bonchev–Trinajstić information content (AvgIpc) is 2.57. The van der Waals surface area contributed by atoms with Crippen LogP contribution in [0.25, 0.3) is 0 Å². The van der Waals surface area contributed by atoms with E-state index in [1.165, 1.54) is 0 Å². The standard InChI is InChI=1S/C18H23NO3S/c1-3-7-15-10-12-17(13-11-15)23(20,21)19-14-18(22-2)16-8-5-4-6-9-16/h4-6,8-13,18-19H,3,7,14H2,1-2H3. The Balaban J connectivity index is 2.05. The van der Waals surface area contributed by atoms with Crippen LogP contribution in [0.3, 0.4) is 0 Å². The van der Waals surface area contributed by atoms with Crippen LogP contribution in [0.5, 0.6) is 0 Å². The van der Waals surface area contributed by atoms with Crippen molar-refractivity contribution in [2.24, 2.45) is 0 Å². The predicted molar refractivity (Wildman–Crippen MR) is 91.8 cm³/mol. The summed E-state index contributed by atoms with van der Waals surface area (Å²) < 4.78 is 32.8. The molecule has 5 heteroatoms. The highest BCUT2D eigenvalue weighted by molar-refractivity contribution is 7.89. The zero-order valence-electron chi connectivity index (χ0n) is 13.5. The molecule has 23 heavy (non-hydrogen) atoms. The number of hydrogen-bond donors (Lipinski definition) is 1. The van der Waals surface area contributed by atoms with Crippen molar-refractivity contribution in [1.29, 1.82) is 0 Å². The van der Waals surface area contributed by atoms with E-state index in [0.29, 0.717) is 0 Å². The highest BCUT2D eigenvalue weighted by atomic mass is 32.2. The molecule has 0 heterocycles. The van der Waals surface area contributed by atoms with Crippen molar-refractivity contribution in [3.63, 3.8) is 0 Å². The zero-order chi connectivity index (χ0) is 16.7. The van der Waals surface area contributed by atoms with Crippen LogP contribution in [0.1, 0.15) is 30.6 Å². The third kappa shape index (κ3) is 4.89. The molecule has 124 valence electrons. The maximum atomic E-state index is 12.4. The van der Waals surface area contributed by atoms with E-state index in [0.717, 1.165) is 24.0 Å². The summed E-state index contributed by atoms with van der Waals surface area (Å²) in [4.78, 5) is 0.278. The molecule has 2 aromatic rings. The minimum Gasteiger partial charge on any atom is -0.375 e. The third-order valence-electron chi connectivity index (χ3n) is 3.69. The Bertz CT molecular complexity index is 697. The lowest BCUT2D eigenvalue weighted by Gasteiger charge is -2.16. The van der Waals surface area contributed by atoms with E-state index >= 15 is 0 Å². The molecular formula is C18H23NO3S. The van der Waals surface area contributed by atoms with Crippen molar-refractivity contribution < 1.29 is 13.2 Å². The monoisotopic (exact) mass is 333 g/mol. The quantitative estimate of drug-likeness (QED) is 0.806. The number of rotatable bonds is 8. The Labute approximate surface area is 138 Å². The fourth-order valence-electron chi connectivity index (χ4n) is 2.40. The largest absolute Gasteiger partial charge is 0.375 e. The fraction of sp³-hybridized carbons (Fsp3) is 0.333. The van der Waals surface area contributed by atoms with E-state index in [4.69, 9.17) is 4.74 Å². The smallest absolute Gasteiger partial charge is 0.240 e. The summed E-state index contributed by atoms with van der Waals surface area (Å²) in [5.41, 5.74) is 2.08. The van der Waals surface area contributed by atoms with Gasteiger partial charge in [0.15, 0.2) is 0 Å². The molecule has 0 saturated heterocycles.